The number of carboxylic acids is 1. The number of hydrogen-bond donors (Lipinski definition) is 1. The first-order valence-corrected chi connectivity index (χ1v) is 13.3. The van der Waals surface area contributed by atoms with E-state index in [1.807, 2.05) is 61.8 Å². The maximum atomic E-state index is 13.3. The Morgan fingerprint density at radius 3 is 2.56 bits per heavy atom. The lowest BCUT2D eigenvalue weighted by molar-refractivity contribution is -0.143. The van der Waals surface area contributed by atoms with Crippen LogP contribution in [0.3, 0.4) is 0 Å². The predicted octanol–water partition coefficient (Wildman–Crippen LogP) is 5.21. The van der Waals surface area contributed by atoms with Crippen molar-refractivity contribution in [3.8, 4) is 5.75 Å². The molecule has 3 heterocycles. The summed E-state index contributed by atoms with van der Waals surface area (Å²) in [6.07, 6.45) is 5.13. The van der Waals surface area contributed by atoms with Crippen molar-refractivity contribution in [2.24, 2.45) is 13.0 Å². The Hall–Kier alpha value is -3.95. The molecule has 0 bridgehead atoms. The van der Waals surface area contributed by atoms with Gasteiger partial charge in [0, 0.05) is 37.5 Å². The van der Waals surface area contributed by atoms with E-state index in [2.05, 4.69) is 9.67 Å². The molecule has 204 valence electrons. The van der Waals surface area contributed by atoms with Gasteiger partial charge in [0.15, 0.2) is 0 Å². The SMILES string of the molecule is Cn1ccc(COc2ccc3nc([C@H]4CCCC[C@H]4C(=O)O)n(Cc4ccc(N5CC(F)(F)C5)cc4)c3c2)n1. The van der Waals surface area contributed by atoms with Crippen molar-refractivity contribution in [2.75, 3.05) is 18.0 Å². The highest BCUT2D eigenvalue weighted by Gasteiger charge is 2.43. The molecule has 39 heavy (non-hydrogen) atoms. The number of carboxylic acid groups (broad SMARTS) is 1. The Balaban J connectivity index is 1.33. The Kier molecular flexibility index (Phi) is 6.48. The molecule has 1 aliphatic carbocycles. The van der Waals surface area contributed by atoms with Crippen LogP contribution in [0.2, 0.25) is 0 Å². The highest BCUT2D eigenvalue weighted by atomic mass is 19.3. The summed E-state index contributed by atoms with van der Waals surface area (Å²) in [4.78, 5) is 18.8. The van der Waals surface area contributed by atoms with Crippen LogP contribution in [-0.2, 0) is 25.0 Å². The largest absolute Gasteiger partial charge is 0.487 e. The molecule has 1 saturated heterocycles. The fourth-order valence-corrected chi connectivity index (χ4v) is 5.78. The molecule has 2 atom stereocenters. The topological polar surface area (TPSA) is 85.4 Å². The molecule has 4 aromatic rings. The summed E-state index contributed by atoms with van der Waals surface area (Å²) in [5.41, 5.74) is 4.21. The van der Waals surface area contributed by atoms with Gasteiger partial charge in [-0.3, -0.25) is 9.48 Å². The minimum Gasteiger partial charge on any atom is -0.487 e. The van der Waals surface area contributed by atoms with Gasteiger partial charge in [-0.25, -0.2) is 13.8 Å². The van der Waals surface area contributed by atoms with Gasteiger partial charge < -0.3 is 19.3 Å². The first-order chi connectivity index (χ1) is 18.8. The molecular weight excluding hydrogens is 504 g/mol. The standard InChI is InChI=1S/C29H31F2N5O3/c1-34-13-12-20(33-34)16-39-22-10-11-25-26(14-22)36(27(32-25)23-4-2-3-5-24(23)28(37)38)15-19-6-8-21(9-7-19)35-17-29(30,31)18-35/h6-14,23-24H,2-5,15-18H2,1H3,(H,37,38)/t23-,24+/m0/s1. The van der Waals surface area contributed by atoms with Gasteiger partial charge in [0.1, 0.15) is 18.2 Å². The third-order valence-electron chi connectivity index (χ3n) is 7.81. The van der Waals surface area contributed by atoms with Gasteiger partial charge in [-0.1, -0.05) is 25.0 Å². The second-order valence-electron chi connectivity index (χ2n) is 10.7. The first kappa shape index (κ1) is 25.3. The van der Waals surface area contributed by atoms with Crippen LogP contribution in [0.4, 0.5) is 14.5 Å². The number of nitrogens with zero attached hydrogens (tertiary/aromatic N) is 5. The number of carbonyl (C=O) groups is 1. The van der Waals surface area contributed by atoms with Crippen LogP contribution in [-0.4, -0.2) is 49.4 Å². The van der Waals surface area contributed by atoms with E-state index >= 15 is 0 Å². The van der Waals surface area contributed by atoms with Gasteiger partial charge in [-0.05, 0) is 48.7 Å². The van der Waals surface area contributed by atoms with Crippen molar-refractivity contribution >= 4 is 22.7 Å². The van der Waals surface area contributed by atoms with Crippen LogP contribution >= 0.6 is 0 Å². The monoisotopic (exact) mass is 535 g/mol. The Morgan fingerprint density at radius 1 is 1.10 bits per heavy atom. The number of aromatic nitrogens is 4. The number of halogens is 2. The molecule has 0 unspecified atom stereocenters. The van der Waals surface area contributed by atoms with Crippen molar-refractivity contribution in [1.29, 1.82) is 0 Å². The number of imidazole rings is 1. The van der Waals surface area contributed by atoms with Gasteiger partial charge in [0.2, 0.25) is 0 Å². The molecule has 1 saturated carbocycles. The lowest BCUT2D eigenvalue weighted by atomic mass is 9.78. The van der Waals surface area contributed by atoms with E-state index in [9.17, 15) is 18.7 Å². The molecule has 8 nitrogen and oxygen atoms in total. The summed E-state index contributed by atoms with van der Waals surface area (Å²) in [5, 5.41) is 14.3. The number of alkyl halides is 2. The number of aliphatic carboxylic acids is 1. The van der Waals surface area contributed by atoms with Crippen molar-refractivity contribution in [1.82, 2.24) is 19.3 Å². The molecule has 2 aromatic heterocycles. The van der Waals surface area contributed by atoms with Crippen LogP contribution in [0.1, 0.15) is 48.7 Å². The number of benzene rings is 2. The normalized spacial score (nSPS) is 20.6. The molecular formula is C29H31F2N5O3. The van der Waals surface area contributed by atoms with Gasteiger partial charge in [-0.15, -0.1) is 0 Å². The van der Waals surface area contributed by atoms with E-state index in [-0.39, 0.29) is 19.0 Å². The number of rotatable bonds is 8. The van der Waals surface area contributed by atoms with Crippen molar-refractivity contribution < 1.29 is 23.4 Å². The summed E-state index contributed by atoms with van der Waals surface area (Å²) < 4.78 is 36.5. The Morgan fingerprint density at radius 2 is 1.87 bits per heavy atom. The molecule has 0 radical (unpaired) electrons. The van der Waals surface area contributed by atoms with E-state index in [0.717, 1.165) is 53.1 Å². The van der Waals surface area contributed by atoms with Crippen molar-refractivity contribution in [3.05, 3.63) is 71.8 Å². The third kappa shape index (κ3) is 5.20. The van der Waals surface area contributed by atoms with Crippen molar-refractivity contribution in [2.45, 2.75) is 50.7 Å². The molecule has 6 rings (SSSR count). The smallest absolute Gasteiger partial charge is 0.307 e. The number of aryl methyl sites for hydroxylation is 1. The number of hydrogen-bond acceptors (Lipinski definition) is 5. The minimum absolute atomic E-state index is 0.191. The molecule has 1 aliphatic heterocycles. The molecule has 0 amide bonds. The Labute approximate surface area is 224 Å². The van der Waals surface area contributed by atoms with Crippen molar-refractivity contribution in [3.63, 3.8) is 0 Å². The van der Waals surface area contributed by atoms with Gasteiger partial charge in [-0.2, -0.15) is 5.10 Å². The summed E-state index contributed by atoms with van der Waals surface area (Å²) in [6, 6.07) is 15.3. The van der Waals surface area contributed by atoms with Crippen LogP contribution in [0.15, 0.2) is 54.7 Å². The lowest BCUT2D eigenvalue weighted by Gasteiger charge is -2.40. The fraction of sp³-hybridized carbons (Fsp3) is 0.414. The van der Waals surface area contributed by atoms with Crippen LogP contribution in [0.5, 0.6) is 5.75 Å². The molecule has 1 N–H and O–H groups in total. The summed E-state index contributed by atoms with van der Waals surface area (Å²) in [5.74, 6) is -2.64. The maximum Gasteiger partial charge on any atom is 0.307 e. The molecule has 2 aromatic carbocycles. The summed E-state index contributed by atoms with van der Waals surface area (Å²) >= 11 is 0. The maximum absolute atomic E-state index is 13.3. The highest BCUT2D eigenvalue weighted by Crippen LogP contribution is 2.40. The zero-order valence-corrected chi connectivity index (χ0v) is 21.8. The molecule has 2 aliphatic rings. The second kappa shape index (κ2) is 9.98. The number of ether oxygens (including phenoxy) is 1. The highest BCUT2D eigenvalue weighted by molar-refractivity contribution is 5.79. The van der Waals surface area contributed by atoms with E-state index in [4.69, 9.17) is 9.72 Å². The fourth-order valence-electron chi connectivity index (χ4n) is 5.78. The molecule has 10 heteroatoms. The molecule has 0 spiro atoms. The summed E-state index contributed by atoms with van der Waals surface area (Å²) in [6.45, 7) is 0.285. The predicted molar refractivity (Wildman–Crippen MR) is 142 cm³/mol. The number of anilines is 1. The first-order valence-electron chi connectivity index (χ1n) is 13.3. The quantitative estimate of drug-likeness (QED) is 0.333. The Bertz CT molecular complexity index is 1490. The van der Waals surface area contributed by atoms with E-state index < -0.39 is 17.8 Å². The second-order valence-corrected chi connectivity index (χ2v) is 10.7. The zero-order chi connectivity index (χ0) is 27.1. The van der Waals surface area contributed by atoms with E-state index in [1.165, 1.54) is 0 Å². The van der Waals surface area contributed by atoms with Gasteiger partial charge in [0.05, 0.1) is 35.7 Å². The summed E-state index contributed by atoms with van der Waals surface area (Å²) in [7, 11) is 1.86. The van der Waals surface area contributed by atoms with E-state index in [0.29, 0.717) is 25.3 Å². The van der Waals surface area contributed by atoms with E-state index in [1.54, 1.807) is 9.58 Å². The minimum atomic E-state index is -2.62. The lowest BCUT2D eigenvalue weighted by Crippen LogP contribution is -2.56. The third-order valence-corrected chi connectivity index (χ3v) is 7.81. The number of fused-ring (bicyclic) bond motifs is 1. The van der Waals surface area contributed by atoms with Crippen LogP contribution < -0.4 is 9.64 Å². The molecule has 2 fully saturated rings. The average Bonchev–Trinajstić information content (AvgIpc) is 3.49. The van der Waals surface area contributed by atoms with Crippen LogP contribution in [0.25, 0.3) is 11.0 Å². The average molecular weight is 536 g/mol. The van der Waals surface area contributed by atoms with Gasteiger partial charge in [0.25, 0.3) is 5.92 Å². The van der Waals surface area contributed by atoms with Gasteiger partial charge >= 0.3 is 5.97 Å². The zero-order valence-electron chi connectivity index (χ0n) is 21.8. The van der Waals surface area contributed by atoms with Crippen LogP contribution in [0, 0.1) is 5.92 Å².